The first kappa shape index (κ1) is 12.5. The summed E-state index contributed by atoms with van der Waals surface area (Å²) in [7, 11) is 0. The van der Waals surface area contributed by atoms with E-state index < -0.39 is 68.8 Å². The van der Waals surface area contributed by atoms with E-state index in [1.54, 1.807) is 0 Å². The summed E-state index contributed by atoms with van der Waals surface area (Å²) in [5.74, 6) is -1.77. The number of halogens is 3. The Kier molecular flexibility index (Phi) is 4.02. The zero-order valence-corrected chi connectivity index (χ0v) is 16.0. The Hall–Kier alpha value is -2.01. The first-order valence-electron chi connectivity index (χ1n) is 12.7. The summed E-state index contributed by atoms with van der Waals surface area (Å²) in [6, 6.07) is 5.63. The van der Waals surface area contributed by atoms with Crippen molar-refractivity contribution in [3.63, 3.8) is 0 Å². The molecule has 150 valence electrons. The zero-order chi connectivity index (χ0) is 27.3. The molecule has 3 rings (SSSR count). The summed E-state index contributed by atoms with van der Waals surface area (Å²) >= 11 is 5.70. The van der Waals surface area contributed by atoms with Crippen LogP contribution in [0.1, 0.15) is 65.1 Å². The molecule has 1 aromatic heterocycles. The molecule has 1 aliphatic heterocycles. The summed E-state index contributed by atoms with van der Waals surface area (Å²) in [5, 5.41) is -0.375. The molecule has 0 bridgehead atoms. The highest BCUT2D eigenvalue weighted by molar-refractivity contribution is 6.31. The van der Waals surface area contributed by atoms with Gasteiger partial charge in [-0.15, -0.1) is 0 Å². The highest BCUT2D eigenvalue weighted by Crippen LogP contribution is 2.32. The van der Waals surface area contributed by atoms with Crippen molar-refractivity contribution >= 4 is 17.5 Å². The summed E-state index contributed by atoms with van der Waals surface area (Å²) in [6.07, 6.45) is -7.73. The molecule has 1 atom stereocenters. The third-order valence-electron chi connectivity index (χ3n) is 4.40. The normalized spacial score (nSPS) is 28.5. The number of pyridine rings is 1. The Morgan fingerprint density at radius 1 is 1.43 bits per heavy atom. The van der Waals surface area contributed by atoms with Gasteiger partial charge in [0, 0.05) is 41.5 Å². The van der Waals surface area contributed by atoms with Crippen LogP contribution in [0.25, 0.3) is 0 Å². The maximum Gasteiger partial charge on any atom is 0.253 e. The number of alkyl halides is 1. The summed E-state index contributed by atoms with van der Waals surface area (Å²) < 4.78 is 94.6. The van der Waals surface area contributed by atoms with Gasteiger partial charge in [-0.2, -0.15) is 0 Å². The second-order valence-electron chi connectivity index (χ2n) is 6.36. The third kappa shape index (κ3) is 5.07. The molecule has 1 aromatic carbocycles. The molecule has 2 aromatic rings. The number of benzene rings is 1. The number of likely N-dealkylation sites (tertiary alicyclic amines) is 1. The minimum atomic E-state index is -2.82. The van der Waals surface area contributed by atoms with E-state index in [2.05, 4.69) is 4.98 Å². The van der Waals surface area contributed by atoms with Gasteiger partial charge in [0.1, 0.15) is 11.5 Å². The molecule has 1 saturated heterocycles. The number of hydrogen-bond acceptors (Lipinski definition) is 2. The molecule has 0 N–H and O–H groups in total. The number of carbonyl (C=O) groups excluding carboxylic acids is 1. The summed E-state index contributed by atoms with van der Waals surface area (Å²) in [6.45, 7) is -2.26. The molecule has 0 aliphatic carbocycles. The van der Waals surface area contributed by atoms with Crippen LogP contribution < -0.4 is 0 Å². The molecule has 0 radical (unpaired) electrons. The summed E-state index contributed by atoms with van der Waals surface area (Å²) in [5.41, 5.74) is -2.87. The molecular formula is C22H25ClF2N2O. The van der Waals surface area contributed by atoms with Crippen LogP contribution >= 0.6 is 11.6 Å². The highest BCUT2D eigenvalue weighted by Gasteiger charge is 2.35. The Morgan fingerprint density at radius 3 is 2.93 bits per heavy atom. The van der Waals surface area contributed by atoms with E-state index in [-0.39, 0.29) is 21.8 Å². The van der Waals surface area contributed by atoms with E-state index in [4.69, 9.17) is 22.6 Å². The number of piperidine rings is 1. The Bertz CT molecular complexity index is 1140. The number of aromatic nitrogens is 1. The van der Waals surface area contributed by atoms with Gasteiger partial charge in [0.25, 0.3) is 5.91 Å². The molecule has 1 fully saturated rings. The lowest BCUT2D eigenvalue weighted by atomic mass is 9.87. The predicted molar refractivity (Wildman–Crippen MR) is 107 cm³/mol. The SMILES string of the molecule is [2H]C([2H])(C)c1ccc(C([2H])([2H])CCC2(F)CC([2H])([2H])N(C(=O)c3ccc(F)c(Cl)c3)CC2([2H])[2H])nc1. The highest BCUT2D eigenvalue weighted by atomic mass is 35.5. The van der Waals surface area contributed by atoms with Crippen LogP contribution in [0.2, 0.25) is 5.02 Å². The first-order chi connectivity index (χ1) is 16.3. The maximum absolute atomic E-state index is 16.0. The van der Waals surface area contributed by atoms with Gasteiger partial charge in [0.2, 0.25) is 0 Å². The average Bonchev–Trinajstić information content (AvgIpc) is 2.76. The van der Waals surface area contributed by atoms with Crippen molar-refractivity contribution in [1.82, 2.24) is 9.88 Å². The van der Waals surface area contributed by atoms with E-state index in [0.29, 0.717) is 4.90 Å². The van der Waals surface area contributed by atoms with Crippen molar-refractivity contribution in [2.45, 2.75) is 51.0 Å². The Morgan fingerprint density at radius 2 is 2.25 bits per heavy atom. The van der Waals surface area contributed by atoms with E-state index >= 15 is 4.39 Å². The lowest BCUT2D eigenvalue weighted by Crippen LogP contribution is -2.44. The monoisotopic (exact) mass is 414 g/mol. The Balaban J connectivity index is 1.80. The van der Waals surface area contributed by atoms with Gasteiger partial charge in [-0.1, -0.05) is 24.6 Å². The van der Waals surface area contributed by atoms with Crippen molar-refractivity contribution in [3.05, 3.63) is 64.2 Å². The molecule has 2 heterocycles. The standard InChI is InChI=1S/C22H25ClF2N2O/c1-2-16-5-7-18(26-15-16)4-3-9-22(25)10-12-27(13-11-22)21(28)17-6-8-20(24)19(23)14-17/h5-8,14-15H,2-4,9-13H2,1H3/i2D2,4D2,10D2,13D2. The van der Waals surface area contributed by atoms with E-state index in [1.165, 1.54) is 25.3 Å². The molecule has 28 heavy (non-hydrogen) atoms. The van der Waals surface area contributed by atoms with Crippen molar-refractivity contribution in [2.75, 3.05) is 13.0 Å². The zero-order valence-electron chi connectivity index (χ0n) is 23.2. The fourth-order valence-electron chi connectivity index (χ4n) is 2.70. The number of aryl methyl sites for hydroxylation is 2. The fourth-order valence-corrected chi connectivity index (χ4v) is 2.88. The van der Waals surface area contributed by atoms with Crippen LogP contribution in [0.15, 0.2) is 36.5 Å². The minimum Gasteiger partial charge on any atom is -0.338 e. The molecule has 1 amide bonds. The van der Waals surface area contributed by atoms with Crippen LogP contribution in [0.5, 0.6) is 0 Å². The molecule has 1 aliphatic rings. The van der Waals surface area contributed by atoms with Crippen molar-refractivity contribution in [2.24, 2.45) is 0 Å². The second kappa shape index (κ2) is 8.99. The van der Waals surface area contributed by atoms with Crippen LogP contribution in [0.4, 0.5) is 8.78 Å². The molecule has 0 saturated carbocycles. The van der Waals surface area contributed by atoms with Crippen LogP contribution in [-0.2, 0) is 12.7 Å². The van der Waals surface area contributed by atoms with Crippen LogP contribution in [-0.4, -0.2) is 34.5 Å². The van der Waals surface area contributed by atoms with Gasteiger partial charge in [0.05, 0.1) is 5.02 Å². The largest absolute Gasteiger partial charge is 0.338 e. The first-order valence-corrected chi connectivity index (χ1v) is 9.10. The predicted octanol–water partition coefficient (Wildman–Crippen LogP) is 5.40. The van der Waals surface area contributed by atoms with Crippen molar-refractivity contribution in [1.29, 1.82) is 0 Å². The number of hydrogen-bond donors (Lipinski definition) is 0. The van der Waals surface area contributed by atoms with Crippen molar-refractivity contribution < 1.29 is 24.5 Å². The number of carbonyl (C=O) groups is 1. The third-order valence-corrected chi connectivity index (χ3v) is 4.69. The van der Waals surface area contributed by atoms with E-state index in [1.807, 2.05) is 0 Å². The van der Waals surface area contributed by atoms with Crippen molar-refractivity contribution in [3.8, 4) is 0 Å². The van der Waals surface area contributed by atoms with Gasteiger partial charge in [-0.25, -0.2) is 8.78 Å². The number of nitrogens with zero attached hydrogens (tertiary/aromatic N) is 2. The quantitative estimate of drug-likeness (QED) is 0.633. The number of amides is 1. The van der Waals surface area contributed by atoms with Gasteiger partial charge < -0.3 is 4.90 Å². The molecular weight excluding hydrogens is 382 g/mol. The molecule has 1 unspecified atom stereocenters. The summed E-state index contributed by atoms with van der Waals surface area (Å²) in [4.78, 5) is 17.4. The molecule has 0 spiro atoms. The van der Waals surface area contributed by atoms with Crippen LogP contribution in [0.3, 0.4) is 0 Å². The lowest BCUT2D eigenvalue weighted by Gasteiger charge is -2.36. The van der Waals surface area contributed by atoms with Gasteiger partial charge in [0.15, 0.2) is 0 Å². The topological polar surface area (TPSA) is 33.2 Å². The fraction of sp³-hybridized carbons (Fsp3) is 0.455. The van der Waals surface area contributed by atoms with Gasteiger partial charge in [-0.05, 0) is 68.2 Å². The van der Waals surface area contributed by atoms with Gasteiger partial charge >= 0.3 is 0 Å². The van der Waals surface area contributed by atoms with E-state index in [0.717, 1.165) is 18.2 Å². The average molecular weight is 415 g/mol. The minimum absolute atomic E-state index is 0.0940. The van der Waals surface area contributed by atoms with Crippen LogP contribution in [0, 0.1) is 5.82 Å². The van der Waals surface area contributed by atoms with Gasteiger partial charge in [-0.3, -0.25) is 9.78 Å². The maximum atomic E-state index is 16.0. The smallest absolute Gasteiger partial charge is 0.253 e. The Labute approximate surface area is 181 Å². The molecule has 6 heteroatoms. The number of rotatable bonds is 6. The second-order valence-corrected chi connectivity index (χ2v) is 6.76. The molecule has 3 nitrogen and oxygen atoms in total. The van der Waals surface area contributed by atoms with E-state index in [9.17, 15) is 9.18 Å². The lowest BCUT2D eigenvalue weighted by molar-refractivity contribution is 0.0389.